The summed E-state index contributed by atoms with van der Waals surface area (Å²) in [5.74, 6) is 2.45. The Morgan fingerprint density at radius 3 is 2.94 bits per heavy atom. The van der Waals surface area contributed by atoms with Crippen molar-refractivity contribution in [3.63, 3.8) is 0 Å². The lowest BCUT2D eigenvalue weighted by Gasteiger charge is -2.17. The molecule has 18 heavy (non-hydrogen) atoms. The van der Waals surface area contributed by atoms with E-state index < -0.39 is 0 Å². The van der Waals surface area contributed by atoms with Gasteiger partial charge in [0.05, 0.1) is 0 Å². The minimum Gasteiger partial charge on any atom is -0.460 e. The molecule has 1 fully saturated rings. The van der Waals surface area contributed by atoms with Crippen LogP contribution in [0.5, 0.6) is 0 Å². The van der Waals surface area contributed by atoms with Crippen molar-refractivity contribution in [3.05, 3.63) is 35.6 Å². The number of hydrogen-bond acceptors (Lipinski definition) is 2. The highest BCUT2D eigenvalue weighted by Gasteiger charge is 2.27. The second kappa shape index (κ2) is 4.77. The van der Waals surface area contributed by atoms with Gasteiger partial charge in [0, 0.05) is 16.9 Å². The fraction of sp³-hybridized carbons (Fsp3) is 0.500. The van der Waals surface area contributed by atoms with E-state index in [4.69, 9.17) is 4.42 Å². The molecule has 0 bridgehead atoms. The lowest BCUT2D eigenvalue weighted by atomic mass is 9.88. The van der Waals surface area contributed by atoms with Crippen molar-refractivity contribution in [1.29, 1.82) is 0 Å². The maximum atomic E-state index is 6.14. The molecule has 0 spiro atoms. The first-order chi connectivity index (χ1) is 8.81. The Kier molecular flexibility index (Phi) is 3.13. The van der Waals surface area contributed by atoms with E-state index in [9.17, 15) is 0 Å². The summed E-state index contributed by atoms with van der Waals surface area (Å²) < 4.78 is 6.14. The van der Waals surface area contributed by atoms with Gasteiger partial charge >= 0.3 is 0 Å². The lowest BCUT2D eigenvalue weighted by molar-refractivity contribution is 0.405. The van der Waals surface area contributed by atoms with E-state index in [1.807, 2.05) is 0 Å². The largest absolute Gasteiger partial charge is 0.460 e. The van der Waals surface area contributed by atoms with E-state index >= 15 is 0 Å². The summed E-state index contributed by atoms with van der Waals surface area (Å²) in [7, 11) is 0. The molecule has 1 saturated heterocycles. The first kappa shape index (κ1) is 11.8. The van der Waals surface area contributed by atoms with E-state index in [-0.39, 0.29) is 0 Å². The predicted molar refractivity (Wildman–Crippen MR) is 75.0 cm³/mol. The number of nitrogens with one attached hydrogen (secondary N) is 1. The van der Waals surface area contributed by atoms with Gasteiger partial charge in [-0.2, -0.15) is 0 Å². The number of fused-ring (bicyclic) bond motifs is 1. The average molecular weight is 243 g/mol. The van der Waals surface area contributed by atoms with Crippen LogP contribution in [0.1, 0.15) is 37.5 Å². The topological polar surface area (TPSA) is 25.2 Å². The van der Waals surface area contributed by atoms with Crippen LogP contribution >= 0.6 is 0 Å². The van der Waals surface area contributed by atoms with Crippen LogP contribution in [0.3, 0.4) is 0 Å². The van der Waals surface area contributed by atoms with Crippen molar-refractivity contribution in [2.24, 2.45) is 5.92 Å². The minimum absolute atomic E-state index is 0.516. The van der Waals surface area contributed by atoms with Gasteiger partial charge < -0.3 is 9.73 Å². The zero-order valence-electron chi connectivity index (χ0n) is 11.2. The van der Waals surface area contributed by atoms with Crippen molar-refractivity contribution in [3.8, 4) is 0 Å². The maximum Gasteiger partial charge on any atom is 0.134 e. The number of hydrogen-bond donors (Lipinski definition) is 1. The summed E-state index contributed by atoms with van der Waals surface area (Å²) in [6.45, 7) is 6.81. The molecule has 1 aliphatic heterocycles. The highest BCUT2D eigenvalue weighted by atomic mass is 16.3. The zero-order chi connectivity index (χ0) is 12.5. The second-order valence-electron chi connectivity index (χ2n) is 5.34. The summed E-state index contributed by atoms with van der Waals surface area (Å²) >= 11 is 0. The highest BCUT2D eigenvalue weighted by molar-refractivity contribution is 5.82. The Balaban J connectivity index is 2.04. The Morgan fingerprint density at radius 2 is 2.22 bits per heavy atom. The van der Waals surface area contributed by atoms with Crippen molar-refractivity contribution in [2.75, 3.05) is 13.1 Å². The van der Waals surface area contributed by atoms with E-state index in [1.54, 1.807) is 0 Å². The van der Waals surface area contributed by atoms with Crippen molar-refractivity contribution < 1.29 is 4.42 Å². The number of furan rings is 1. The highest BCUT2D eigenvalue weighted by Crippen LogP contribution is 2.36. The van der Waals surface area contributed by atoms with Gasteiger partial charge in [0.1, 0.15) is 11.3 Å². The number of para-hydroxylation sites is 1. The summed E-state index contributed by atoms with van der Waals surface area (Å²) in [5, 5.41) is 4.75. The first-order valence-corrected chi connectivity index (χ1v) is 7.02. The molecule has 1 aromatic heterocycles. The van der Waals surface area contributed by atoms with Gasteiger partial charge in [-0.15, -0.1) is 0 Å². The molecule has 0 amide bonds. The molecule has 0 radical (unpaired) electrons. The molecule has 2 heteroatoms. The fourth-order valence-electron chi connectivity index (χ4n) is 3.17. The summed E-state index contributed by atoms with van der Waals surface area (Å²) in [5.41, 5.74) is 2.45. The molecule has 1 aliphatic rings. The quantitative estimate of drug-likeness (QED) is 0.889. The minimum atomic E-state index is 0.516. The predicted octanol–water partition coefficient (Wildman–Crippen LogP) is 3.71. The van der Waals surface area contributed by atoms with Gasteiger partial charge in [0.15, 0.2) is 0 Å². The summed E-state index contributed by atoms with van der Waals surface area (Å²) in [6.07, 6.45) is 2.32. The molecule has 0 saturated carbocycles. The monoisotopic (exact) mass is 243 g/mol. The summed E-state index contributed by atoms with van der Waals surface area (Å²) in [6, 6.07) is 8.41. The van der Waals surface area contributed by atoms with Crippen molar-refractivity contribution >= 4 is 11.0 Å². The van der Waals surface area contributed by atoms with Crippen LogP contribution in [-0.2, 0) is 6.42 Å². The fourth-order valence-corrected chi connectivity index (χ4v) is 3.17. The van der Waals surface area contributed by atoms with Gasteiger partial charge in [0.25, 0.3) is 0 Å². The molecule has 2 unspecified atom stereocenters. The van der Waals surface area contributed by atoms with Gasteiger partial charge in [0.2, 0.25) is 0 Å². The third-order valence-electron chi connectivity index (χ3n) is 4.30. The van der Waals surface area contributed by atoms with Crippen LogP contribution in [0, 0.1) is 5.92 Å². The van der Waals surface area contributed by atoms with Crippen LogP contribution in [0.25, 0.3) is 11.0 Å². The van der Waals surface area contributed by atoms with E-state index in [0.717, 1.165) is 31.0 Å². The molecule has 0 aliphatic carbocycles. The lowest BCUT2D eigenvalue weighted by Crippen LogP contribution is -2.14. The van der Waals surface area contributed by atoms with Crippen LogP contribution in [0.15, 0.2) is 28.7 Å². The summed E-state index contributed by atoms with van der Waals surface area (Å²) in [4.78, 5) is 0. The zero-order valence-corrected chi connectivity index (χ0v) is 11.2. The van der Waals surface area contributed by atoms with Crippen LogP contribution < -0.4 is 5.32 Å². The van der Waals surface area contributed by atoms with Gasteiger partial charge in [-0.25, -0.2) is 0 Å². The first-order valence-electron chi connectivity index (χ1n) is 7.02. The number of aryl methyl sites for hydroxylation is 1. The molecule has 3 rings (SSSR count). The molecule has 1 aromatic carbocycles. The Bertz CT molecular complexity index is 537. The third-order valence-corrected chi connectivity index (χ3v) is 4.30. The van der Waals surface area contributed by atoms with E-state index in [0.29, 0.717) is 5.92 Å². The van der Waals surface area contributed by atoms with Crippen LogP contribution in [0.2, 0.25) is 0 Å². The maximum absolute atomic E-state index is 6.14. The Labute approximate surface area is 108 Å². The molecule has 2 nitrogen and oxygen atoms in total. The second-order valence-corrected chi connectivity index (χ2v) is 5.34. The molecular weight excluding hydrogens is 222 g/mol. The standard InChI is InChI=1S/C16H21NO/c1-3-13-14-6-4-5-7-15(14)18-16(13)11(2)12-8-9-17-10-12/h4-7,11-12,17H,3,8-10H2,1-2H3. The van der Waals surface area contributed by atoms with Crippen LogP contribution in [-0.4, -0.2) is 13.1 Å². The smallest absolute Gasteiger partial charge is 0.134 e. The van der Waals surface area contributed by atoms with E-state index in [1.165, 1.54) is 23.1 Å². The van der Waals surface area contributed by atoms with Crippen molar-refractivity contribution in [1.82, 2.24) is 5.32 Å². The van der Waals surface area contributed by atoms with Gasteiger partial charge in [-0.1, -0.05) is 32.0 Å². The number of benzene rings is 1. The molecule has 2 heterocycles. The molecular formula is C16H21NO. The Hall–Kier alpha value is -1.28. The van der Waals surface area contributed by atoms with Gasteiger partial charge in [-0.3, -0.25) is 0 Å². The molecule has 2 atom stereocenters. The Morgan fingerprint density at radius 1 is 1.39 bits per heavy atom. The van der Waals surface area contributed by atoms with Crippen molar-refractivity contribution in [2.45, 2.75) is 32.6 Å². The normalized spacial score (nSPS) is 21.6. The van der Waals surface area contributed by atoms with Gasteiger partial charge in [-0.05, 0) is 37.9 Å². The molecule has 96 valence electrons. The average Bonchev–Trinajstić information content (AvgIpc) is 3.04. The number of rotatable bonds is 3. The molecule has 1 N–H and O–H groups in total. The third kappa shape index (κ3) is 1.85. The van der Waals surface area contributed by atoms with Crippen LogP contribution in [0.4, 0.5) is 0 Å². The van der Waals surface area contributed by atoms with E-state index in [2.05, 4.69) is 43.4 Å². The SMILES string of the molecule is CCc1c(C(C)C2CCNC2)oc2ccccc12. The molecule has 2 aromatic rings.